The molecule has 0 saturated carbocycles. The van der Waals surface area contributed by atoms with E-state index in [2.05, 4.69) is 6.92 Å². The first-order valence-electron chi connectivity index (χ1n) is 4.47. The summed E-state index contributed by atoms with van der Waals surface area (Å²) in [6.45, 7) is 4.12. The lowest BCUT2D eigenvalue weighted by atomic mass is 9.98. The molecule has 11 heavy (non-hydrogen) atoms. The van der Waals surface area contributed by atoms with E-state index in [0.29, 0.717) is 0 Å². The van der Waals surface area contributed by atoms with Gasteiger partial charge in [0.2, 0.25) is 5.91 Å². The zero-order valence-electron chi connectivity index (χ0n) is 7.52. The molecule has 1 amide bonds. The van der Waals surface area contributed by atoms with Crippen molar-refractivity contribution in [2.75, 3.05) is 0 Å². The monoisotopic (exact) mass is 156 g/mol. The molecule has 0 spiro atoms. The van der Waals surface area contributed by atoms with Crippen LogP contribution in [0.25, 0.3) is 0 Å². The van der Waals surface area contributed by atoms with Crippen LogP contribution in [-0.2, 0) is 4.79 Å². The molecule has 2 heteroatoms. The van der Waals surface area contributed by atoms with Gasteiger partial charge in [-0.2, -0.15) is 0 Å². The summed E-state index contributed by atoms with van der Waals surface area (Å²) in [5.41, 5.74) is 6.93. The molecule has 1 unspecified atom stereocenters. The minimum absolute atomic E-state index is 0.00144. The van der Waals surface area contributed by atoms with E-state index < -0.39 is 0 Å². The SMILES string of the molecule is CCCCCC(CC)C([NH])=O. The first-order valence-corrected chi connectivity index (χ1v) is 4.47. The van der Waals surface area contributed by atoms with E-state index in [1.54, 1.807) is 0 Å². The van der Waals surface area contributed by atoms with E-state index in [1.807, 2.05) is 6.92 Å². The second-order valence-corrected chi connectivity index (χ2v) is 2.97. The zero-order chi connectivity index (χ0) is 8.69. The van der Waals surface area contributed by atoms with Gasteiger partial charge in [0.1, 0.15) is 0 Å². The number of carbonyl (C=O) groups is 1. The molecule has 1 N–H and O–H groups in total. The molecule has 0 aromatic heterocycles. The Morgan fingerprint density at radius 3 is 2.36 bits per heavy atom. The van der Waals surface area contributed by atoms with Gasteiger partial charge in [0, 0.05) is 5.92 Å². The van der Waals surface area contributed by atoms with Crippen LogP contribution in [-0.4, -0.2) is 5.91 Å². The Kier molecular flexibility index (Phi) is 5.90. The summed E-state index contributed by atoms with van der Waals surface area (Å²) < 4.78 is 0. The first-order chi connectivity index (χ1) is 5.22. The Morgan fingerprint density at radius 1 is 1.36 bits per heavy atom. The second kappa shape index (κ2) is 6.20. The van der Waals surface area contributed by atoms with Crippen molar-refractivity contribution in [3.05, 3.63) is 0 Å². The molecule has 0 fully saturated rings. The van der Waals surface area contributed by atoms with Gasteiger partial charge >= 0.3 is 0 Å². The van der Waals surface area contributed by atoms with Crippen molar-refractivity contribution >= 4 is 5.91 Å². The number of hydrogen-bond donors (Lipinski definition) is 0. The third-order valence-corrected chi connectivity index (χ3v) is 2.02. The minimum atomic E-state index is -0.386. The number of amides is 1. The Balaban J connectivity index is 3.44. The normalized spacial score (nSPS) is 12.9. The molecule has 1 radical (unpaired) electrons. The number of nitrogens with one attached hydrogen (secondary N) is 1. The smallest absolute Gasteiger partial charge is 0.241 e. The predicted octanol–water partition coefficient (Wildman–Crippen LogP) is 2.40. The molecule has 0 bridgehead atoms. The molecule has 1 atom stereocenters. The third-order valence-electron chi connectivity index (χ3n) is 2.02. The Hall–Kier alpha value is -0.530. The van der Waals surface area contributed by atoms with Crippen molar-refractivity contribution in [1.29, 1.82) is 0 Å². The Labute approximate surface area is 69.2 Å². The number of rotatable bonds is 6. The maximum atomic E-state index is 10.6. The summed E-state index contributed by atoms with van der Waals surface area (Å²) in [4.78, 5) is 10.6. The lowest BCUT2D eigenvalue weighted by Crippen LogP contribution is -2.13. The largest absolute Gasteiger partial charge is 0.273 e. The van der Waals surface area contributed by atoms with E-state index in [-0.39, 0.29) is 11.8 Å². The van der Waals surface area contributed by atoms with Crippen LogP contribution < -0.4 is 5.73 Å². The topological polar surface area (TPSA) is 40.9 Å². The van der Waals surface area contributed by atoms with Crippen molar-refractivity contribution in [3.63, 3.8) is 0 Å². The van der Waals surface area contributed by atoms with E-state index in [0.717, 1.165) is 19.3 Å². The van der Waals surface area contributed by atoms with E-state index in [1.165, 1.54) is 12.8 Å². The number of hydrogen-bond acceptors (Lipinski definition) is 1. The van der Waals surface area contributed by atoms with Gasteiger partial charge in [-0.3, -0.25) is 10.5 Å². The van der Waals surface area contributed by atoms with Gasteiger partial charge in [0.05, 0.1) is 0 Å². The van der Waals surface area contributed by atoms with Crippen LogP contribution in [0.15, 0.2) is 0 Å². The molecule has 0 aliphatic rings. The summed E-state index contributed by atoms with van der Waals surface area (Å²) in [7, 11) is 0. The summed E-state index contributed by atoms with van der Waals surface area (Å²) in [6.07, 6.45) is 5.20. The third kappa shape index (κ3) is 4.82. The summed E-state index contributed by atoms with van der Waals surface area (Å²) >= 11 is 0. The van der Waals surface area contributed by atoms with Crippen LogP contribution in [0.4, 0.5) is 0 Å². The average Bonchev–Trinajstić information content (AvgIpc) is 1.97. The molecule has 0 saturated heterocycles. The molecule has 2 nitrogen and oxygen atoms in total. The van der Waals surface area contributed by atoms with Crippen LogP contribution in [0.3, 0.4) is 0 Å². The van der Waals surface area contributed by atoms with Crippen molar-refractivity contribution in [2.45, 2.75) is 46.0 Å². The Bertz CT molecular complexity index is 112. The van der Waals surface area contributed by atoms with Crippen LogP contribution in [0, 0.1) is 5.92 Å². The van der Waals surface area contributed by atoms with Gasteiger partial charge in [-0.1, -0.05) is 33.1 Å². The minimum Gasteiger partial charge on any atom is -0.273 e. The standard InChI is InChI=1S/C9H18NO/c1-3-5-6-7-8(4-2)9(10)11/h8,10H,3-7H2,1-2H3. The fraction of sp³-hybridized carbons (Fsp3) is 0.889. The van der Waals surface area contributed by atoms with Gasteiger partial charge < -0.3 is 0 Å². The maximum Gasteiger partial charge on any atom is 0.241 e. The van der Waals surface area contributed by atoms with Crippen LogP contribution >= 0.6 is 0 Å². The lowest BCUT2D eigenvalue weighted by molar-refractivity contribution is -0.122. The highest BCUT2D eigenvalue weighted by Crippen LogP contribution is 2.12. The highest BCUT2D eigenvalue weighted by molar-refractivity contribution is 5.75. The highest BCUT2D eigenvalue weighted by atomic mass is 16.1. The van der Waals surface area contributed by atoms with Crippen LogP contribution in [0.5, 0.6) is 0 Å². The Morgan fingerprint density at radius 2 is 2.00 bits per heavy atom. The average molecular weight is 156 g/mol. The molecule has 65 valence electrons. The lowest BCUT2D eigenvalue weighted by Gasteiger charge is -2.08. The van der Waals surface area contributed by atoms with Gasteiger partial charge in [-0.15, -0.1) is 0 Å². The predicted molar refractivity (Wildman–Crippen MR) is 46.0 cm³/mol. The van der Waals surface area contributed by atoms with Crippen LogP contribution in [0.1, 0.15) is 46.0 Å². The van der Waals surface area contributed by atoms with Crippen molar-refractivity contribution in [1.82, 2.24) is 5.73 Å². The van der Waals surface area contributed by atoms with Crippen LogP contribution in [0.2, 0.25) is 0 Å². The highest BCUT2D eigenvalue weighted by Gasteiger charge is 2.11. The zero-order valence-corrected chi connectivity index (χ0v) is 7.52. The molecular formula is C9H18NO. The first kappa shape index (κ1) is 10.5. The summed E-state index contributed by atoms with van der Waals surface area (Å²) in [5, 5.41) is 0. The molecule has 0 aromatic carbocycles. The summed E-state index contributed by atoms with van der Waals surface area (Å²) in [6, 6.07) is 0. The van der Waals surface area contributed by atoms with Gasteiger partial charge in [0.15, 0.2) is 0 Å². The molecule has 0 heterocycles. The van der Waals surface area contributed by atoms with E-state index in [9.17, 15) is 4.79 Å². The van der Waals surface area contributed by atoms with E-state index in [4.69, 9.17) is 5.73 Å². The molecular weight excluding hydrogens is 138 g/mol. The quantitative estimate of drug-likeness (QED) is 0.544. The number of carbonyl (C=O) groups excluding carboxylic acids is 1. The van der Waals surface area contributed by atoms with Gasteiger partial charge in [-0.05, 0) is 12.8 Å². The fourth-order valence-electron chi connectivity index (χ4n) is 1.16. The molecule has 0 aliphatic carbocycles. The number of unbranched alkanes of at least 4 members (excludes halogenated alkanes) is 2. The van der Waals surface area contributed by atoms with Crippen molar-refractivity contribution < 1.29 is 4.79 Å². The van der Waals surface area contributed by atoms with Gasteiger partial charge in [0.25, 0.3) is 0 Å². The van der Waals surface area contributed by atoms with Gasteiger partial charge in [-0.25, -0.2) is 0 Å². The van der Waals surface area contributed by atoms with Crippen molar-refractivity contribution in [3.8, 4) is 0 Å². The second-order valence-electron chi connectivity index (χ2n) is 2.97. The van der Waals surface area contributed by atoms with Crippen molar-refractivity contribution in [2.24, 2.45) is 5.92 Å². The molecule has 0 aromatic rings. The maximum absolute atomic E-state index is 10.6. The van der Waals surface area contributed by atoms with E-state index >= 15 is 0 Å². The molecule has 0 aliphatic heterocycles. The fourth-order valence-corrected chi connectivity index (χ4v) is 1.16. The summed E-state index contributed by atoms with van der Waals surface area (Å²) in [5.74, 6) is -0.384. The molecule has 0 rings (SSSR count).